The van der Waals surface area contributed by atoms with E-state index in [9.17, 15) is 13.2 Å². The Morgan fingerprint density at radius 2 is 1.83 bits per heavy atom. The maximum atomic E-state index is 13.0. The van der Waals surface area contributed by atoms with Crippen LogP contribution in [0.25, 0.3) is 0 Å². The van der Waals surface area contributed by atoms with E-state index in [1.165, 1.54) is 4.31 Å². The van der Waals surface area contributed by atoms with E-state index in [1.807, 2.05) is 38.1 Å². The summed E-state index contributed by atoms with van der Waals surface area (Å²) >= 11 is 2.21. The number of carbonyl (C=O) groups is 1. The molecular formula is C21H25IN2O4S. The molecule has 0 aliphatic carbocycles. The fourth-order valence-electron chi connectivity index (χ4n) is 3.38. The van der Waals surface area contributed by atoms with Crippen molar-refractivity contribution in [2.24, 2.45) is 5.92 Å². The van der Waals surface area contributed by atoms with Gasteiger partial charge in [-0.25, -0.2) is 8.42 Å². The number of halogens is 1. The Hall–Kier alpha value is -1.65. The summed E-state index contributed by atoms with van der Waals surface area (Å²) in [6.07, 6.45) is 1.01. The molecule has 1 aliphatic heterocycles. The second-order valence-electron chi connectivity index (χ2n) is 7.03. The van der Waals surface area contributed by atoms with Crippen LogP contribution in [0.5, 0.6) is 5.75 Å². The number of ether oxygens (including phenoxy) is 1. The third kappa shape index (κ3) is 5.29. The second kappa shape index (κ2) is 9.44. The summed E-state index contributed by atoms with van der Waals surface area (Å²) in [7, 11) is -3.58. The first-order chi connectivity index (χ1) is 13.8. The fourth-order valence-corrected chi connectivity index (χ4v) is 5.30. The van der Waals surface area contributed by atoms with Gasteiger partial charge < -0.3 is 10.1 Å². The second-order valence-corrected chi connectivity index (χ2v) is 10.2. The van der Waals surface area contributed by atoms with Crippen LogP contribution in [0.2, 0.25) is 0 Å². The summed E-state index contributed by atoms with van der Waals surface area (Å²) in [4.78, 5) is 12.8. The summed E-state index contributed by atoms with van der Waals surface area (Å²) in [5, 5.41) is 2.93. The normalized spacial score (nSPS) is 15.8. The summed E-state index contributed by atoms with van der Waals surface area (Å²) in [5.41, 5.74) is 1.55. The number of anilines is 1. The molecule has 0 spiro atoms. The van der Waals surface area contributed by atoms with Gasteiger partial charge in [0.25, 0.3) is 0 Å². The van der Waals surface area contributed by atoms with Crippen LogP contribution in [0.1, 0.15) is 25.3 Å². The van der Waals surface area contributed by atoms with E-state index in [-0.39, 0.29) is 16.7 Å². The number of amides is 1. The molecule has 0 radical (unpaired) electrons. The quantitative estimate of drug-likeness (QED) is 0.575. The van der Waals surface area contributed by atoms with Crippen molar-refractivity contribution in [1.29, 1.82) is 0 Å². The molecule has 1 aliphatic rings. The molecule has 0 saturated carbocycles. The number of nitrogens with zero attached hydrogens (tertiary/aromatic N) is 1. The average Bonchev–Trinajstić information content (AvgIpc) is 2.71. The minimum Gasteiger partial charge on any atom is -0.494 e. The van der Waals surface area contributed by atoms with E-state index >= 15 is 0 Å². The van der Waals surface area contributed by atoms with Gasteiger partial charge in [0, 0.05) is 28.3 Å². The molecule has 8 heteroatoms. The van der Waals surface area contributed by atoms with Gasteiger partial charge in [0.05, 0.1) is 11.5 Å². The highest BCUT2D eigenvalue weighted by atomic mass is 127. The third-order valence-corrected chi connectivity index (χ3v) is 7.63. The maximum Gasteiger partial charge on any atom is 0.243 e. The summed E-state index contributed by atoms with van der Waals surface area (Å²) in [5.74, 6) is 0.445. The Morgan fingerprint density at radius 1 is 1.17 bits per heavy atom. The van der Waals surface area contributed by atoms with Crippen LogP contribution in [0.3, 0.4) is 0 Å². The zero-order chi connectivity index (χ0) is 21.0. The van der Waals surface area contributed by atoms with Gasteiger partial charge in [0.15, 0.2) is 0 Å². The summed E-state index contributed by atoms with van der Waals surface area (Å²) < 4.78 is 34.0. The van der Waals surface area contributed by atoms with Crippen LogP contribution >= 0.6 is 22.6 Å². The standard InChI is InChI=1S/C21H25IN2O4S/c1-3-28-20-9-8-19(14-15(20)2)29(26,27)24-12-10-16(11-13-24)21(25)23-18-6-4-17(22)5-7-18/h4-9,14,16H,3,10-13H2,1-2H3,(H,23,25). The molecule has 0 aromatic heterocycles. The van der Waals surface area contributed by atoms with E-state index in [1.54, 1.807) is 18.2 Å². The maximum absolute atomic E-state index is 13.0. The number of hydrogen-bond donors (Lipinski definition) is 1. The van der Waals surface area contributed by atoms with Gasteiger partial charge in [-0.15, -0.1) is 0 Å². The molecule has 0 unspecified atom stereocenters. The van der Waals surface area contributed by atoms with Gasteiger partial charge in [-0.2, -0.15) is 4.31 Å². The van der Waals surface area contributed by atoms with Crippen molar-refractivity contribution in [2.45, 2.75) is 31.6 Å². The number of nitrogens with one attached hydrogen (secondary N) is 1. The van der Waals surface area contributed by atoms with Crippen molar-refractivity contribution in [1.82, 2.24) is 4.31 Å². The van der Waals surface area contributed by atoms with E-state index in [2.05, 4.69) is 27.9 Å². The molecule has 0 atom stereocenters. The van der Waals surface area contributed by atoms with Crippen LogP contribution in [0.15, 0.2) is 47.4 Å². The van der Waals surface area contributed by atoms with Crippen molar-refractivity contribution < 1.29 is 17.9 Å². The molecule has 29 heavy (non-hydrogen) atoms. The Kier molecular flexibility index (Phi) is 7.18. The lowest BCUT2D eigenvalue weighted by Gasteiger charge is -2.30. The molecule has 0 bridgehead atoms. The van der Waals surface area contributed by atoms with Crippen LogP contribution in [-0.4, -0.2) is 38.3 Å². The molecule has 2 aromatic rings. The number of carbonyl (C=O) groups excluding carboxylic acids is 1. The first-order valence-electron chi connectivity index (χ1n) is 9.61. The Balaban J connectivity index is 1.62. The summed E-state index contributed by atoms with van der Waals surface area (Å²) in [6, 6.07) is 12.5. The van der Waals surface area contributed by atoms with Gasteiger partial charge in [0.1, 0.15) is 5.75 Å². The van der Waals surface area contributed by atoms with Gasteiger partial charge in [-0.3, -0.25) is 4.79 Å². The molecule has 1 saturated heterocycles. The number of sulfonamides is 1. The highest BCUT2D eigenvalue weighted by Crippen LogP contribution is 2.28. The number of hydrogen-bond acceptors (Lipinski definition) is 4. The molecule has 2 aromatic carbocycles. The first-order valence-corrected chi connectivity index (χ1v) is 12.1. The number of aryl methyl sites for hydroxylation is 1. The van der Waals surface area contributed by atoms with Crippen LogP contribution in [-0.2, 0) is 14.8 Å². The van der Waals surface area contributed by atoms with Crippen LogP contribution in [0, 0.1) is 16.4 Å². The lowest BCUT2D eigenvalue weighted by Crippen LogP contribution is -2.41. The predicted molar refractivity (Wildman–Crippen MR) is 122 cm³/mol. The van der Waals surface area contributed by atoms with Crippen molar-refractivity contribution in [3.63, 3.8) is 0 Å². The van der Waals surface area contributed by atoms with Crippen LogP contribution < -0.4 is 10.1 Å². The number of benzene rings is 2. The van der Waals surface area contributed by atoms with Gasteiger partial charge in [-0.1, -0.05) is 0 Å². The molecule has 6 nitrogen and oxygen atoms in total. The van der Waals surface area contributed by atoms with Crippen molar-refractivity contribution in [2.75, 3.05) is 25.0 Å². The SMILES string of the molecule is CCOc1ccc(S(=O)(=O)N2CCC(C(=O)Nc3ccc(I)cc3)CC2)cc1C. The average molecular weight is 528 g/mol. The van der Waals surface area contributed by atoms with Crippen molar-refractivity contribution >= 4 is 44.2 Å². The number of piperidine rings is 1. The molecular weight excluding hydrogens is 503 g/mol. The molecule has 3 rings (SSSR count). The predicted octanol–water partition coefficient (Wildman–Crippen LogP) is 4.04. The largest absolute Gasteiger partial charge is 0.494 e. The van der Waals surface area contributed by atoms with Gasteiger partial charge in [0.2, 0.25) is 15.9 Å². The minimum atomic E-state index is -3.58. The lowest BCUT2D eigenvalue weighted by atomic mass is 9.97. The van der Waals surface area contributed by atoms with Gasteiger partial charge >= 0.3 is 0 Å². The molecule has 1 fully saturated rings. The zero-order valence-electron chi connectivity index (χ0n) is 16.5. The molecule has 1 N–H and O–H groups in total. The van der Waals surface area contributed by atoms with Crippen LogP contribution in [0.4, 0.5) is 5.69 Å². The number of rotatable bonds is 6. The van der Waals surface area contributed by atoms with Crippen molar-refractivity contribution in [3.8, 4) is 5.75 Å². The highest BCUT2D eigenvalue weighted by molar-refractivity contribution is 14.1. The van der Waals surface area contributed by atoms with E-state index in [4.69, 9.17) is 4.74 Å². The Bertz CT molecular complexity index is 969. The Labute approximate surface area is 185 Å². The molecule has 1 heterocycles. The highest BCUT2D eigenvalue weighted by Gasteiger charge is 2.32. The zero-order valence-corrected chi connectivity index (χ0v) is 19.5. The smallest absolute Gasteiger partial charge is 0.243 e. The lowest BCUT2D eigenvalue weighted by molar-refractivity contribution is -0.120. The minimum absolute atomic E-state index is 0.0554. The fraction of sp³-hybridized carbons (Fsp3) is 0.381. The van der Waals surface area contributed by atoms with E-state index in [0.717, 1.165) is 14.8 Å². The van der Waals surface area contributed by atoms with Crippen molar-refractivity contribution in [3.05, 3.63) is 51.6 Å². The van der Waals surface area contributed by atoms with E-state index < -0.39 is 10.0 Å². The van der Waals surface area contributed by atoms with Gasteiger partial charge in [-0.05, 0) is 97.3 Å². The monoisotopic (exact) mass is 528 g/mol. The topological polar surface area (TPSA) is 75.7 Å². The van der Waals surface area contributed by atoms with E-state index in [0.29, 0.717) is 38.3 Å². The third-order valence-electron chi connectivity index (χ3n) is 5.02. The Morgan fingerprint density at radius 3 is 2.41 bits per heavy atom. The molecule has 1 amide bonds. The molecule has 156 valence electrons. The summed E-state index contributed by atoms with van der Waals surface area (Å²) in [6.45, 7) is 4.93. The first kappa shape index (κ1) is 22.0.